The van der Waals surface area contributed by atoms with Gasteiger partial charge in [-0.2, -0.15) is 0 Å². The average Bonchev–Trinajstić information content (AvgIpc) is 2.11. The number of rotatable bonds is 7. The number of hydrogen-bond acceptors (Lipinski definition) is 2. The molecule has 0 aliphatic rings. The Balaban J connectivity index is 3.64. The number of nitrogens with one attached hydrogen (secondary N) is 1. The van der Waals surface area contributed by atoms with Crippen LogP contribution >= 0.6 is 0 Å². The summed E-state index contributed by atoms with van der Waals surface area (Å²) in [6.07, 6.45) is 5.37. The van der Waals surface area contributed by atoms with E-state index in [0.29, 0.717) is 6.04 Å². The van der Waals surface area contributed by atoms with Gasteiger partial charge in [-0.1, -0.05) is 20.3 Å². The molecule has 2 nitrogen and oxygen atoms in total. The molecule has 0 bridgehead atoms. The summed E-state index contributed by atoms with van der Waals surface area (Å²) in [5.41, 5.74) is 0. The Morgan fingerprint density at radius 2 is 2.00 bits per heavy atom. The summed E-state index contributed by atoms with van der Waals surface area (Å²) in [6, 6.07) is 0.607. The van der Waals surface area contributed by atoms with Gasteiger partial charge in [-0.3, -0.25) is 4.21 Å². The lowest BCUT2D eigenvalue weighted by Gasteiger charge is -2.18. The molecule has 0 rings (SSSR count). The zero-order chi connectivity index (χ0) is 10.3. The van der Waals surface area contributed by atoms with Crippen LogP contribution in [-0.4, -0.2) is 28.3 Å². The van der Waals surface area contributed by atoms with Crippen molar-refractivity contribution in [2.75, 3.05) is 12.8 Å². The van der Waals surface area contributed by atoms with E-state index in [1.165, 1.54) is 12.8 Å². The molecule has 0 fully saturated rings. The largest absolute Gasteiger partial charge is 0.313 e. The van der Waals surface area contributed by atoms with Crippen molar-refractivity contribution < 1.29 is 4.21 Å². The van der Waals surface area contributed by atoms with Gasteiger partial charge in [0.15, 0.2) is 0 Å². The molecule has 1 N–H and O–H groups in total. The highest BCUT2D eigenvalue weighted by Gasteiger charge is 2.09. The summed E-state index contributed by atoms with van der Waals surface area (Å²) >= 11 is 0. The summed E-state index contributed by atoms with van der Waals surface area (Å²) in [5.74, 6) is 0. The molecule has 0 saturated carbocycles. The first kappa shape index (κ1) is 13.1. The fourth-order valence-electron chi connectivity index (χ4n) is 1.25. The van der Waals surface area contributed by atoms with Gasteiger partial charge in [-0.15, -0.1) is 0 Å². The van der Waals surface area contributed by atoms with Gasteiger partial charge >= 0.3 is 0 Å². The Morgan fingerprint density at radius 3 is 2.38 bits per heavy atom. The summed E-state index contributed by atoms with van der Waals surface area (Å²) in [5, 5.41) is 3.73. The van der Waals surface area contributed by atoms with Gasteiger partial charge in [-0.25, -0.2) is 0 Å². The standard InChI is InChI=1S/C10H23NOS/c1-5-7-10(6-2)11-8-9(3)13(4)12/h9-11H,5-8H2,1-4H3. The van der Waals surface area contributed by atoms with E-state index in [0.717, 1.165) is 13.0 Å². The molecule has 0 radical (unpaired) electrons. The molecule has 0 aliphatic carbocycles. The van der Waals surface area contributed by atoms with Crippen molar-refractivity contribution in [2.45, 2.75) is 51.3 Å². The van der Waals surface area contributed by atoms with Crippen LogP contribution in [0.15, 0.2) is 0 Å². The molecule has 13 heavy (non-hydrogen) atoms. The smallest absolute Gasteiger partial charge is 0.0441 e. The quantitative estimate of drug-likeness (QED) is 0.688. The third kappa shape index (κ3) is 6.22. The fraction of sp³-hybridized carbons (Fsp3) is 1.00. The van der Waals surface area contributed by atoms with Crippen LogP contribution in [0, 0.1) is 0 Å². The molecule has 0 aliphatic heterocycles. The predicted molar refractivity (Wildman–Crippen MR) is 60.5 cm³/mol. The highest BCUT2D eigenvalue weighted by Crippen LogP contribution is 2.01. The molecule has 0 aromatic heterocycles. The van der Waals surface area contributed by atoms with Gasteiger partial charge in [0, 0.05) is 34.9 Å². The molecular formula is C10H23NOS. The normalized spacial score (nSPS) is 18.2. The lowest BCUT2D eigenvalue weighted by Crippen LogP contribution is -2.35. The first-order valence-corrected chi connectivity index (χ1v) is 6.79. The second-order valence-electron chi connectivity index (χ2n) is 3.61. The van der Waals surface area contributed by atoms with Crippen LogP contribution in [0.5, 0.6) is 0 Å². The van der Waals surface area contributed by atoms with Gasteiger partial charge in [-0.05, 0) is 19.8 Å². The summed E-state index contributed by atoms with van der Waals surface area (Å²) in [7, 11) is -0.695. The third-order valence-corrected chi connectivity index (χ3v) is 3.69. The third-order valence-electron chi connectivity index (χ3n) is 2.39. The van der Waals surface area contributed by atoms with Gasteiger partial charge in [0.2, 0.25) is 0 Å². The maximum Gasteiger partial charge on any atom is 0.0441 e. The lowest BCUT2D eigenvalue weighted by atomic mass is 10.1. The fourth-order valence-corrected chi connectivity index (χ4v) is 1.58. The van der Waals surface area contributed by atoms with Gasteiger partial charge in [0.25, 0.3) is 0 Å². The minimum Gasteiger partial charge on any atom is -0.313 e. The molecule has 0 amide bonds. The molecule has 0 aromatic carbocycles. The first-order chi connectivity index (χ1) is 6.11. The van der Waals surface area contributed by atoms with Gasteiger partial charge in [0.05, 0.1) is 0 Å². The zero-order valence-corrected chi connectivity index (χ0v) is 10.1. The Labute approximate surface area is 84.9 Å². The Bertz CT molecular complexity index is 150. The second kappa shape index (κ2) is 7.51. The lowest BCUT2D eigenvalue weighted by molar-refractivity contribution is 0.464. The summed E-state index contributed by atoms with van der Waals surface area (Å²) in [4.78, 5) is 0. The molecular weight excluding hydrogens is 182 g/mol. The monoisotopic (exact) mass is 205 g/mol. The van der Waals surface area contributed by atoms with E-state index in [9.17, 15) is 4.21 Å². The van der Waals surface area contributed by atoms with E-state index >= 15 is 0 Å². The molecule has 0 heterocycles. The molecule has 80 valence electrons. The average molecular weight is 205 g/mol. The van der Waals surface area contributed by atoms with E-state index in [1.54, 1.807) is 6.26 Å². The van der Waals surface area contributed by atoms with Crippen LogP contribution in [-0.2, 0) is 10.8 Å². The zero-order valence-electron chi connectivity index (χ0n) is 9.30. The molecule has 3 atom stereocenters. The van der Waals surface area contributed by atoms with E-state index in [1.807, 2.05) is 6.92 Å². The van der Waals surface area contributed by atoms with E-state index in [-0.39, 0.29) is 5.25 Å². The molecule has 0 spiro atoms. The maximum absolute atomic E-state index is 11.1. The minimum atomic E-state index is -0.695. The van der Waals surface area contributed by atoms with Crippen LogP contribution in [0.1, 0.15) is 40.0 Å². The summed E-state index contributed by atoms with van der Waals surface area (Å²) < 4.78 is 11.1. The van der Waals surface area contributed by atoms with Crippen LogP contribution in [0.4, 0.5) is 0 Å². The van der Waals surface area contributed by atoms with Crippen LogP contribution in [0.25, 0.3) is 0 Å². The summed E-state index contributed by atoms with van der Waals surface area (Å²) in [6.45, 7) is 7.30. The van der Waals surface area contributed by atoms with Crippen molar-refractivity contribution in [3.8, 4) is 0 Å². The maximum atomic E-state index is 11.1. The molecule has 0 saturated heterocycles. The van der Waals surface area contributed by atoms with Crippen LogP contribution in [0.2, 0.25) is 0 Å². The van der Waals surface area contributed by atoms with E-state index < -0.39 is 10.8 Å². The van der Waals surface area contributed by atoms with Crippen molar-refractivity contribution in [3.05, 3.63) is 0 Å². The Hall–Kier alpha value is 0.110. The topological polar surface area (TPSA) is 29.1 Å². The van der Waals surface area contributed by atoms with E-state index in [4.69, 9.17) is 0 Å². The van der Waals surface area contributed by atoms with Crippen molar-refractivity contribution >= 4 is 10.8 Å². The van der Waals surface area contributed by atoms with E-state index in [2.05, 4.69) is 19.2 Å². The van der Waals surface area contributed by atoms with Crippen molar-refractivity contribution in [3.63, 3.8) is 0 Å². The van der Waals surface area contributed by atoms with Crippen molar-refractivity contribution in [1.82, 2.24) is 5.32 Å². The van der Waals surface area contributed by atoms with Crippen molar-refractivity contribution in [1.29, 1.82) is 0 Å². The van der Waals surface area contributed by atoms with Gasteiger partial charge in [0.1, 0.15) is 0 Å². The van der Waals surface area contributed by atoms with Gasteiger partial charge < -0.3 is 5.32 Å². The Kier molecular flexibility index (Phi) is 7.57. The second-order valence-corrected chi connectivity index (χ2v) is 5.41. The van der Waals surface area contributed by atoms with Crippen molar-refractivity contribution in [2.24, 2.45) is 0 Å². The SMILES string of the molecule is CCCC(CC)NCC(C)S(C)=O. The molecule has 0 aromatic rings. The predicted octanol–water partition coefficient (Wildman–Crippen LogP) is 1.92. The Morgan fingerprint density at radius 1 is 1.38 bits per heavy atom. The highest BCUT2D eigenvalue weighted by atomic mass is 32.2. The first-order valence-electron chi connectivity index (χ1n) is 5.17. The number of hydrogen-bond donors (Lipinski definition) is 1. The molecule has 3 heteroatoms. The highest BCUT2D eigenvalue weighted by molar-refractivity contribution is 7.84. The van der Waals surface area contributed by atoms with Crippen LogP contribution < -0.4 is 5.32 Å². The van der Waals surface area contributed by atoms with Crippen LogP contribution in [0.3, 0.4) is 0 Å². The minimum absolute atomic E-state index is 0.269. The molecule has 3 unspecified atom stereocenters.